The molecule has 1 aromatic rings. The van der Waals surface area contributed by atoms with Gasteiger partial charge in [0.25, 0.3) is 0 Å². The summed E-state index contributed by atoms with van der Waals surface area (Å²) < 4.78 is 4.77. The summed E-state index contributed by atoms with van der Waals surface area (Å²) in [7, 11) is 1.47. The molecule has 0 fully saturated rings. The monoisotopic (exact) mass is 237 g/mol. The molecule has 0 spiro atoms. The van der Waals surface area contributed by atoms with Crippen LogP contribution in [0.15, 0.2) is 24.3 Å². The molecule has 0 saturated carbocycles. The van der Waals surface area contributed by atoms with Gasteiger partial charge in [-0.2, -0.15) is 0 Å². The van der Waals surface area contributed by atoms with Crippen LogP contribution in [0.3, 0.4) is 0 Å². The molecule has 0 heterocycles. The maximum Gasteiger partial charge on any atom is 0.248 e. The maximum atomic E-state index is 11.5. The van der Waals surface area contributed by atoms with Crippen molar-refractivity contribution in [1.82, 2.24) is 0 Å². The topological polar surface area (TPSA) is 107 Å². The van der Waals surface area contributed by atoms with Crippen molar-refractivity contribution in [2.45, 2.75) is 6.04 Å². The predicted molar refractivity (Wildman–Crippen MR) is 63.4 cm³/mol. The minimum atomic E-state index is -0.726. The van der Waals surface area contributed by atoms with E-state index in [-0.39, 0.29) is 12.5 Å². The lowest BCUT2D eigenvalue weighted by atomic mass is 10.2. The zero-order valence-electron chi connectivity index (χ0n) is 9.47. The SMILES string of the molecule is COCC(N)C(=O)Nc1ccc(C(N)=O)cc1. The van der Waals surface area contributed by atoms with Gasteiger partial charge in [0, 0.05) is 18.4 Å². The Morgan fingerprint density at radius 2 is 1.94 bits per heavy atom. The first kappa shape index (κ1) is 13.1. The number of rotatable bonds is 5. The van der Waals surface area contributed by atoms with E-state index in [9.17, 15) is 9.59 Å². The molecule has 0 bridgehead atoms. The molecule has 1 unspecified atom stereocenters. The van der Waals surface area contributed by atoms with Gasteiger partial charge in [0.1, 0.15) is 6.04 Å². The number of hydrogen-bond donors (Lipinski definition) is 3. The minimum Gasteiger partial charge on any atom is -0.383 e. The highest BCUT2D eigenvalue weighted by atomic mass is 16.5. The highest BCUT2D eigenvalue weighted by Crippen LogP contribution is 2.09. The molecule has 92 valence electrons. The lowest BCUT2D eigenvalue weighted by Crippen LogP contribution is -2.39. The Hall–Kier alpha value is -1.92. The van der Waals surface area contributed by atoms with Gasteiger partial charge in [0.15, 0.2) is 0 Å². The van der Waals surface area contributed by atoms with Gasteiger partial charge < -0.3 is 21.5 Å². The minimum absolute atomic E-state index is 0.144. The maximum absolute atomic E-state index is 11.5. The molecule has 0 aliphatic rings. The Kier molecular flexibility index (Phi) is 4.62. The number of anilines is 1. The zero-order valence-corrected chi connectivity index (χ0v) is 9.47. The highest BCUT2D eigenvalue weighted by molar-refractivity contribution is 5.96. The number of ether oxygens (including phenoxy) is 1. The van der Waals surface area contributed by atoms with Crippen LogP contribution in [0.2, 0.25) is 0 Å². The molecular formula is C11H15N3O3. The number of carbonyl (C=O) groups is 2. The van der Waals surface area contributed by atoms with Crippen LogP contribution in [-0.4, -0.2) is 31.6 Å². The second kappa shape index (κ2) is 5.97. The fraction of sp³-hybridized carbons (Fsp3) is 0.273. The third-order valence-electron chi connectivity index (χ3n) is 2.12. The average molecular weight is 237 g/mol. The second-order valence-corrected chi connectivity index (χ2v) is 3.49. The smallest absolute Gasteiger partial charge is 0.248 e. The molecule has 1 aromatic carbocycles. The average Bonchev–Trinajstić information content (AvgIpc) is 2.30. The molecule has 0 aliphatic carbocycles. The normalized spacial score (nSPS) is 11.9. The number of benzene rings is 1. The van der Waals surface area contributed by atoms with Crippen molar-refractivity contribution in [3.63, 3.8) is 0 Å². The zero-order chi connectivity index (χ0) is 12.8. The molecule has 0 radical (unpaired) electrons. The molecule has 2 amide bonds. The van der Waals surface area contributed by atoms with E-state index in [1.165, 1.54) is 19.2 Å². The van der Waals surface area contributed by atoms with Gasteiger partial charge in [-0.25, -0.2) is 0 Å². The molecule has 6 heteroatoms. The lowest BCUT2D eigenvalue weighted by molar-refractivity contribution is -0.118. The number of methoxy groups -OCH3 is 1. The molecule has 5 N–H and O–H groups in total. The molecule has 17 heavy (non-hydrogen) atoms. The number of primary amides is 1. The van der Waals surface area contributed by atoms with Crippen molar-refractivity contribution >= 4 is 17.5 Å². The molecule has 6 nitrogen and oxygen atoms in total. The Morgan fingerprint density at radius 1 is 1.35 bits per heavy atom. The van der Waals surface area contributed by atoms with E-state index in [1.807, 2.05) is 0 Å². The Balaban J connectivity index is 2.63. The lowest BCUT2D eigenvalue weighted by Gasteiger charge is -2.11. The first-order valence-corrected chi connectivity index (χ1v) is 5.00. The fourth-order valence-corrected chi connectivity index (χ4v) is 1.21. The summed E-state index contributed by atoms with van der Waals surface area (Å²) in [5.41, 5.74) is 11.6. The summed E-state index contributed by atoms with van der Waals surface area (Å²) >= 11 is 0. The first-order valence-electron chi connectivity index (χ1n) is 5.00. The van der Waals surface area contributed by atoms with E-state index in [1.54, 1.807) is 12.1 Å². The van der Waals surface area contributed by atoms with Crippen molar-refractivity contribution in [3.8, 4) is 0 Å². The van der Waals surface area contributed by atoms with E-state index in [4.69, 9.17) is 16.2 Å². The molecule has 0 aliphatic heterocycles. The highest BCUT2D eigenvalue weighted by Gasteiger charge is 2.12. The summed E-state index contributed by atoms with van der Waals surface area (Å²) in [6, 6.07) is 5.49. The van der Waals surface area contributed by atoms with Crippen LogP contribution in [0.4, 0.5) is 5.69 Å². The molecule has 0 saturated heterocycles. The van der Waals surface area contributed by atoms with Crippen LogP contribution in [-0.2, 0) is 9.53 Å². The van der Waals surface area contributed by atoms with Gasteiger partial charge >= 0.3 is 0 Å². The summed E-state index contributed by atoms with van der Waals surface area (Å²) in [4.78, 5) is 22.3. The third kappa shape index (κ3) is 3.86. The molecule has 1 atom stereocenters. The Morgan fingerprint density at radius 3 is 2.41 bits per heavy atom. The quantitative estimate of drug-likeness (QED) is 0.653. The van der Waals surface area contributed by atoms with Crippen LogP contribution < -0.4 is 16.8 Å². The van der Waals surface area contributed by atoms with Crippen molar-refractivity contribution < 1.29 is 14.3 Å². The van der Waals surface area contributed by atoms with Gasteiger partial charge in [-0.15, -0.1) is 0 Å². The van der Waals surface area contributed by atoms with E-state index < -0.39 is 11.9 Å². The fourth-order valence-electron chi connectivity index (χ4n) is 1.21. The number of nitrogens with two attached hydrogens (primary N) is 2. The van der Waals surface area contributed by atoms with E-state index in [0.717, 1.165) is 0 Å². The molecule has 0 aromatic heterocycles. The van der Waals surface area contributed by atoms with Crippen molar-refractivity contribution in [1.29, 1.82) is 0 Å². The number of carbonyl (C=O) groups excluding carboxylic acids is 2. The van der Waals surface area contributed by atoms with Gasteiger partial charge in [0.05, 0.1) is 6.61 Å². The summed E-state index contributed by atoms with van der Waals surface area (Å²) in [6.45, 7) is 0.144. The van der Waals surface area contributed by atoms with Gasteiger partial charge in [-0.05, 0) is 24.3 Å². The van der Waals surface area contributed by atoms with Crippen LogP contribution in [0.25, 0.3) is 0 Å². The Labute approximate surface area is 98.9 Å². The summed E-state index contributed by atoms with van der Waals surface area (Å²) in [5.74, 6) is -0.863. The van der Waals surface area contributed by atoms with E-state index in [0.29, 0.717) is 11.3 Å². The van der Waals surface area contributed by atoms with Crippen LogP contribution in [0, 0.1) is 0 Å². The van der Waals surface area contributed by atoms with Gasteiger partial charge in [-0.1, -0.05) is 0 Å². The summed E-state index contributed by atoms with van der Waals surface area (Å²) in [5, 5.41) is 2.60. The van der Waals surface area contributed by atoms with Gasteiger partial charge in [-0.3, -0.25) is 9.59 Å². The van der Waals surface area contributed by atoms with Crippen LogP contribution in [0.1, 0.15) is 10.4 Å². The predicted octanol–water partition coefficient (Wildman–Crippen LogP) is -0.302. The first-order chi connectivity index (χ1) is 8.04. The molecule has 1 rings (SSSR count). The van der Waals surface area contributed by atoms with Gasteiger partial charge in [0.2, 0.25) is 11.8 Å². The Bertz CT molecular complexity index is 403. The van der Waals surface area contributed by atoms with Crippen molar-refractivity contribution in [2.75, 3.05) is 19.0 Å². The second-order valence-electron chi connectivity index (χ2n) is 3.49. The third-order valence-corrected chi connectivity index (χ3v) is 2.12. The van der Waals surface area contributed by atoms with Crippen LogP contribution in [0.5, 0.6) is 0 Å². The largest absolute Gasteiger partial charge is 0.383 e. The number of amides is 2. The van der Waals surface area contributed by atoms with Crippen LogP contribution >= 0.6 is 0 Å². The van der Waals surface area contributed by atoms with Crippen molar-refractivity contribution in [2.24, 2.45) is 11.5 Å². The van der Waals surface area contributed by atoms with Crippen molar-refractivity contribution in [3.05, 3.63) is 29.8 Å². The number of hydrogen-bond acceptors (Lipinski definition) is 4. The van der Waals surface area contributed by atoms with E-state index >= 15 is 0 Å². The standard InChI is InChI=1S/C11H15N3O3/c1-17-6-9(12)11(16)14-8-4-2-7(3-5-8)10(13)15/h2-5,9H,6,12H2,1H3,(H2,13,15)(H,14,16). The van der Waals surface area contributed by atoms with E-state index in [2.05, 4.69) is 5.32 Å². The molecular weight excluding hydrogens is 222 g/mol. The summed E-state index contributed by atoms with van der Waals surface area (Å²) in [6.07, 6.45) is 0. The number of nitrogens with one attached hydrogen (secondary N) is 1.